The molecular formula is C13H24N2O4. The van der Waals surface area contributed by atoms with Crippen LogP contribution in [0, 0.1) is 5.92 Å². The lowest BCUT2D eigenvalue weighted by atomic mass is 9.97. The van der Waals surface area contributed by atoms with E-state index < -0.39 is 11.6 Å². The highest BCUT2D eigenvalue weighted by atomic mass is 16.5. The number of hydrogen-bond acceptors (Lipinski definition) is 3. The van der Waals surface area contributed by atoms with Gasteiger partial charge in [0, 0.05) is 6.54 Å². The van der Waals surface area contributed by atoms with E-state index in [2.05, 4.69) is 19.2 Å². The van der Waals surface area contributed by atoms with Crippen LogP contribution in [0.15, 0.2) is 0 Å². The SMILES string of the molecule is CCC(CC)CNC(=O)N1CC(C)(OCC(=O)O)C1. The summed E-state index contributed by atoms with van der Waals surface area (Å²) in [5.74, 6) is -0.474. The molecule has 0 radical (unpaired) electrons. The number of nitrogens with zero attached hydrogens (tertiary/aromatic N) is 1. The summed E-state index contributed by atoms with van der Waals surface area (Å²) in [7, 11) is 0. The van der Waals surface area contributed by atoms with Crippen molar-refractivity contribution in [3.05, 3.63) is 0 Å². The smallest absolute Gasteiger partial charge is 0.329 e. The van der Waals surface area contributed by atoms with E-state index in [-0.39, 0.29) is 12.6 Å². The molecule has 6 nitrogen and oxygen atoms in total. The van der Waals surface area contributed by atoms with Crippen molar-refractivity contribution >= 4 is 12.0 Å². The minimum atomic E-state index is -0.988. The normalized spacial score (nSPS) is 17.2. The number of carbonyl (C=O) groups excluding carboxylic acids is 1. The summed E-state index contributed by atoms with van der Waals surface area (Å²) in [4.78, 5) is 23.9. The molecule has 2 amide bonds. The molecule has 0 saturated carbocycles. The number of amides is 2. The highest BCUT2D eigenvalue weighted by Gasteiger charge is 2.42. The fourth-order valence-electron chi connectivity index (χ4n) is 2.15. The van der Waals surface area contributed by atoms with Gasteiger partial charge in [-0.2, -0.15) is 0 Å². The third-order valence-electron chi connectivity index (χ3n) is 3.58. The molecule has 0 aromatic heterocycles. The molecule has 1 rings (SSSR count). The molecule has 0 spiro atoms. The monoisotopic (exact) mass is 272 g/mol. The van der Waals surface area contributed by atoms with Crippen LogP contribution in [-0.2, 0) is 9.53 Å². The Morgan fingerprint density at radius 1 is 1.37 bits per heavy atom. The first-order valence-corrected chi connectivity index (χ1v) is 6.78. The lowest BCUT2D eigenvalue weighted by Crippen LogP contribution is -2.65. The number of nitrogens with one attached hydrogen (secondary N) is 1. The second-order valence-electron chi connectivity index (χ2n) is 5.36. The zero-order valence-electron chi connectivity index (χ0n) is 11.9. The van der Waals surface area contributed by atoms with E-state index in [9.17, 15) is 9.59 Å². The highest BCUT2D eigenvalue weighted by Crippen LogP contribution is 2.24. The lowest BCUT2D eigenvalue weighted by molar-refractivity contribution is -0.159. The predicted octanol–water partition coefficient (Wildman–Crippen LogP) is 1.31. The summed E-state index contributed by atoms with van der Waals surface area (Å²) in [6.45, 7) is 7.29. The van der Waals surface area contributed by atoms with Gasteiger partial charge in [-0.3, -0.25) is 0 Å². The Bertz CT molecular complexity index is 323. The fraction of sp³-hybridized carbons (Fsp3) is 0.846. The van der Waals surface area contributed by atoms with Gasteiger partial charge in [0.2, 0.25) is 0 Å². The fourth-order valence-corrected chi connectivity index (χ4v) is 2.15. The summed E-state index contributed by atoms with van der Waals surface area (Å²) >= 11 is 0. The topological polar surface area (TPSA) is 78.9 Å². The number of likely N-dealkylation sites (tertiary alicyclic amines) is 1. The number of aliphatic carboxylic acids is 1. The Balaban J connectivity index is 2.25. The van der Waals surface area contributed by atoms with E-state index in [4.69, 9.17) is 9.84 Å². The van der Waals surface area contributed by atoms with Crippen molar-refractivity contribution in [2.24, 2.45) is 5.92 Å². The van der Waals surface area contributed by atoms with Gasteiger partial charge in [0.25, 0.3) is 0 Å². The Hall–Kier alpha value is -1.30. The van der Waals surface area contributed by atoms with Crippen molar-refractivity contribution < 1.29 is 19.4 Å². The van der Waals surface area contributed by atoms with Crippen LogP contribution in [0.3, 0.4) is 0 Å². The van der Waals surface area contributed by atoms with Gasteiger partial charge in [-0.15, -0.1) is 0 Å². The average molecular weight is 272 g/mol. The number of ether oxygens (including phenoxy) is 1. The molecule has 1 saturated heterocycles. The molecule has 2 N–H and O–H groups in total. The second-order valence-corrected chi connectivity index (χ2v) is 5.36. The van der Waals surface area contributed by atoms with Crippen LogP contribution in [0.25, 0.3) is 0 Å². The van der Waals surface area contributed by atoms with E-state index in [1.165, 1.54) is 0 Å². The molecule has 110 valence electrons. The van der Waals surface area contributed by atoms with Crippen molar-refractivity contribution in [1.82, 2.24) is 10.2 Å². The maximum Gasteiger partial charge on any atom is 0.329 e. The van der Waals surface area contributed by atoms with Crippen LogP contribution in [0.5, 0.6) is 0 Å². The molecule has 0 aromatic carbocycles. The number of carboxylic acids is 1. The predicted molar refractivity (Wildman–Crippen MR) is 71.0 cm³/mol. The van der Waals surface area contributed by atoms with Crippen molar-refractivity contribution in [1.29, 1.82) is 0 Å². The molecule has 0 aliphatic carbocycles. The van der Waals surface area contributed by atoms with Gasteiger partial charge in [0.05, 0.1) is 13.1 Å². The van der Waals surface area contributed by atoms with E-state index in [1.54, 1.807) is 4.90 Å². The summed E-state index contributed by atoms with van der Waals surface area (Å²) in [6, 6.07) is -0.0942. The largest absolute Gasteiger partial charge is 0.480 e. The number of carbonyl (C=O) groups is 2. The lowest BCUT2D eigenvalue weighted by Gasteiger charge is -2.47. The average Bonchev–Trinajstić information content (AvgIpc) is 2.34. The van der Waals surface area contributed by atoms with Gasteiger partial charge in [-0.05, 0) is 12.8 Å². The van der Waals surface area contributed by atoms with Crippen molar-refractivity contribution in [2.75, 3.05) is 26.2 Å². The van der Waals surface area contributed by atoms with Crippen molar-refractivity contribution in [2.45, 2.75) is 39.2 Å². The molecule has 1 aliphatic heterocycles. The van der Waals surface area contributed by atoms with E-state index >= 15 is 0 Å². The molecule has 0 unspecified atom stereocenters. The second kappa shape index (κ2) is 6.75. The van der Waals surface area contributed by atoms with Gasteiger partial charge < -0.3 is 20.1 Å². The summed E-state index contributed by atoms with van der Waals surface area (Å²) in [5.41, 5.74) is -0.523. The number of urea groups is 1. The van der Waals surface area contributed by atoms with Crippen LogP contribution in [-0.4, -0.2) is 53.8 Å². The van der Waals surface area contributed by atoms with Crippen LogP contribution < -0.4 is 5.32 Å². The zero-order valence-corrected chi connectivity index (χ0v) is 11.9. The Morgan fingerprint density at radius 2 is 1.95 bits per heavy atom. The number of hydrogen-bond donors (Lipinski definition) is 2. The van der Waals surface area contributed by atoms with Crippen molar-refractivity contribution in [3.8, 4) is 0 Å². The molecule has 1 heterocycles. The number of carboxylic acid groups (broad SMARTS) is 1. The summed E-state index contributed by atoms with van der Waals surface area (Å²) < 4.78 is 5.25. The van der Waals surface area contributed by atoms with Crippen LogP contribution in [0.1, 0.15) is 33.6 Å². The first kappa shape index (κ1) is 15.8. The molecule has 1 fully saturated rings. The molecule has 0 bridgehead atoms. The van der Waals surface area contributed by atoms with E-state index in [1.807, 2.05) is 6.92 Å². The summed E-state index contributed by atoms with van der Waals surface area (Å²) in [5, 5.41) is 11.5. The maximum atomic E-state index is 11.8. The molecule has 0 aromatic rings. The first-order valence-electron chi connectivity index (χ1n) is 6.78. The minimum absolute atomic E-state index is 0.0942. The standard InChI is InChI=1S/C13H24N2O4/c1-4-10(5-2)6-14-12(18)15-8-13(3,9-15)19-7-11(16)17/h10H,4-9H2,1-3H3,(H,14,18)(H,16,17). The van der Waals surface area contributed by atoms with Gasteiger partial charge >= 0.3 is 12.0 Å². The first-order chi connectivity index (χ1) is 8.90. The maximum absolute atomic E-state index is 11.8. The molecule has 6 heteroatoms. The molecule has 1 aliphatic rings. The van der Waals surface area contributed by atoms with E-state index in [0.717, 1.165) is 12.8 Å². The minimum Gasteiger partial charge on any atom is -0.480 e. The number of rotatable bonds is 7. The van der Waals surface area contributed by atoms with Crippen LogP contribution in [0.2, 0.25) is 0 Å². The molecule has 0 atom stereocenters. The van der Waals surface area contributed by atoms with Gasteiger partial charge in [0.1, 0.15) is 12.2 Å². The molecular weight excluding hydrogens is 248 g/mol. The zero-order chi connectivity index (χ0) is 14.5. The van der Waals surface area contributed by atoms with Crippen LogP contribution in [0.4, 0.5) is 4.79 Å². The Morgan fingerprint density at radius 3 is 2.42 bits per heavy atom. The third-order valence-corrected chi connectivity index (χ3v) is 3.58. The highest BCUT2D eigenvalue weighted by molar-refractivity contribution is 5.75. The third kappa shape index (κ3) is 4.70. The quantitative estimate of drug-likeness (QED) is 0.732. The van der Waals surface area contributed by atoms with Gasteiger partial charge in [0.15, 0.2) is 0 Å². The Labute approximate surface area is 114 Å². The van der Waals surface area contributed by atoms with Gasteiger partial charge in [-0.25, -0.2) is 9.59 Å². The molecule has 19 heavy (non-hydrogen) atoms. The van der Waals surface area contributed by atoms with Gasteiger partial charge in [-0.1, -0.05) is 26.7 Å². The Kier molecular flexibility index (Phi) is 5.60. The summed E-state index contributed by atoms with van der Waals surface area (Å²) in [6.07, 6.45) is 2.10. The van der Waals surface area contributed by atoms with E-state index in [0.29, 0.717) is 25.6 Å². The van der Waals surface area contributed by atoms with Crippen molar-refractivity contribution in [3.63, 3.8) is 0 Å². The van der Waals surface area contributed by atoms with Crippen LogP contribution >= 0.6 is 0 Å².